The van der Waals surface area contributed by atoms with Crippen LogP contribution in [-0.4, -0.2) is 12.2 Å². The van der Waals surface area contributed by atoms with Gasteiger partial charge in [0.25, 0.3) is 0 Å². The molecule has 0 aliphatic heterocycles. The van der Waals surface area contributed by atoms with Crippen LogP contribution in [0.25, 0.3) is 6.08 Å². The zero-order chi connectivity index (χ0) is 19.1. The van der Waals surface area contributed by atoms with Crippen molar-refractivity contribution in [2.45, 2.75) is 6.92 Å². The quantitative estimate of drug-likeness (QED) is 0.216. The van der Waals surface area contributed by atoms with Gasteiger partial charge in [-0.3, -0.25) is 4.99 Å². The normalized spacial score (nSPS) is 11.2. The van der Waals surface area contributed by atoms with E-state index in [1.165, 1.54) is 6.08 Å². The lowest BCUT2D eigenvalue weighted by Crippen LogP contribution is -2.03. The SMILES string of the molecule is Cc1ccccc1N=Cc1ccc(OC(=O)/C=C/c2ccc(Br)cc2)cc1. The topological polar surface area (TPSA) is 38.7 Å². The third kappa shape index (κ3) is 5.76. The van der Waals surface area contributed by atoms with E-state index >= 15 is 0 Å². The summed E-state index contributed by atoms with van der Waals surface area (Å²) in [6.07, 6.45) is 4.93. The van der Waals surface area contributed by atoms with Crippen LogP contribution in [0.2, 0.25) is 0 Å². The molecule has 0 aromatic heterocycles. The molecule has 0 fully saturated rings. The molecule has 0 aliphatic carbocycles. The van der Waals surface area contributed by atoms with Crippen LogP contribution < -0.4 is 4.74 Å². The van der Waals surface area contributed by atoms with E-state index in [0.29, 0.717) is 5.75 Å². The second kappa shape index (κ2) is 9.10. The molecule has 0 unspecified atom stereocenters. The Kier molecular flexibility index (Phi) is 6.34. The van der Waals surface area contributed by atoms with Gasteiger partial charge in [0.1, 0.15) is 5.75 Å². The zero-order valence-electron chi connectivity index (χ0n) is 14.8. The fourth-order valence-corrected chi connectivity index (χ4v) is 2.63. The van der Waals surface area contributed by atoms with Gasteiger partial charge in [0.2, 0.25) is 0 Å². The van der Waals surface area contributed by atoms with Crippen LogP contribution in [0.4, 0.5) is 5.69 Å². The number of benzene rings is 3. The lowest BCUT2D eigenvalue weighted by atomic mass is 10.2. The molecule has 0 radical (unpaired) electrons. The molecule has 0 N–H and O–H groups in total. The summed E-state index contributed by atoms with van der Waals surface area (Å²) >= 11 is 3.38. The van der Waals surface area contributed by atoms with Crippen molar-refractivity contribution in [1.29, 1.82) is 0 Å². The number of nitrogens with zero attached hydrogens (tertiary/aromatic N) is 1. The molecule has 3 nitrogen and oxygen atoms in total. The Bertz CT molecular complexity index is 974. The minimum Gasteiger partial charge on any atom is -0.423 e. The first-order valence-corrected chi connectivity index (χ1v) is 9.25. The second-order valence-electron chi connectivity index (χ2n) is 5.92. The van der Waals surface area contributed by atoms with Crippen LogP contribution in [0.3, 0.4) is 0 Å². The van der Waals surface area contributed by atoms with E-state index in [2.05, 4.69) is 20.9 Å². The van der Waals surface area contributed by atoms with E-state index in [1.807, 2.05) is 67.6 Å². The summed E-state index contributed by atoms with van der Waals surface area (Å²) in [4.78, 5) is 16.4. The molecule has 3 rings (SSSR count). The summed E-state index contributed by atoms with van der Waals surface area (Å²) < 4.78 is 6.31. The highest BCUT2D eigenvalue weighted by atomic mass is 79.9. The molecule has 3 aromatic rings. The minimum absolute atomic E-state index is 0.417. The van der Waals surface area contributed by atoms with E-state index in [9.17, 15) is 4.79 Å². The summed E-state index contributed by atoms with van der Waals surface area (Å²) in [5, 5.41) is 0. The van der Waals surface area contributed by atoms with Crippen molar-refractivity contribution in [2.75, 3.05) is 0 Å². The molecule has 134 valence electrons. The molecule has 0 spiro atoms. The summed E-state index contributed by atoms with van der Waals surface area (Å²) in [5.74, 6) is 0.0766. The van der Waals surface area contributed by atoms with Gasteiger partial charge in [-0.25, -0.2) is 4.79 Å². The molecule has 0 saturated carbocycles. The number of ether oxygens (including phenoxy) is 1. The molecule has 27 heavy (non-hydrogen) atoms. The number of hydrogen-bond acceptors (Lipinski definition) is 3. The number of halogens is 1. The molecule has 0 aliphatic rings. The van der Waals surface area contributed by atoms with Gasteiger partial charge >= 0.3 is 5.97 Å². The second-order valence-corrected chi connectivity index (χ2v) is 6.84. The molecule has 0 amide bonds. The van der Waals surface area contributed by atoms with Gasteiger partial charge in [-0.15, -0.1) is 0 Å². The number of hydrogen-bond donors (Lipinski definition) is 0. The molecule has 0 heterocycles. The maximum Gasteiger partial charge on any atom is 0.336 e. The first-order chi connectivity index (χ1) is 13.1. The number of carbonyl (C=O) groups is 1. The highest BCUT2D eigenvalue weighted by Gasteiger charge is 2.01. The number of aliphatic imine (C=N–C) groups is 1. The number of aryl methyl sites for hydroxylation is 1. The van der Waals surface area contributed by atoms with Crippen molar-refractivity contribution in [2.24, 2.45) is 4.99 Å². The monoisotopic (exact) mass is 419 g/mol. The van der Waals surface area contributed by atoms with E-state index < -0.39 is 5.97 Å². The van der Waals surface area contributed by atoms with Gasteiger partial charge in [0, 0.05) is 16.8 Å². The standard InChI is InChI=1S/C23H18BrNO2/c1-17-4-2-3-5-22(17)25-16-19-8-13-21(14-9-19)27-23(26)15-10-18-6-11-20(24)12-7-18/h2-16H,1H3/b15-10+,25-16?. The van der Waals surface area contributed by atoms with Crippen LogP contribution in [0, 0.1) is 6.92 Å². The molecule has 0 bridgehead atoms. The number of rotatable bonds is 5. The third-order valence-corrected chi connectivity index (χ3v) is 4.38. The smallest absolute Gasteiger partial charge is 0.336 e. The number of para-hydroxylation sites is 1. The number of carbonyl (C=O) groups excluding carboxylic acids is 1. The summed E-state index contributed by atoms with van der Waals surface area (Å²) in [5.41, 5.74) is 3.92. The fourth-order valence-electron chi connectivity index (χ4n) is 2.36. The van der Waals surface area contributed by atoms with Crippen molar-refractivity contribution in [3.63, 3.8) is 0 Å². The van der Waals surface area contributed by atoms with Gasteiger partial charge in [0.05, 0.1) is 5.69 Å². The highest BCUT2D eigenvalue weighted by Crippen LogP contribution is 2.18. The van der Waals surface area contributed by atoms with E-state index in [4.69, 9.17) is 4.74 Å². The summed E-state index contributed by atoms with van der Waals surface area (Å²) in [6.45, 7) is 2.02. The maximum absolute atomic E-state index is 11.9. The Morgan fingerprint density at radius 3 is 2.30 bits per heavy atom. The first kappa shape index (κ1) is 18.8. The Morgan fingerprint density at radius 1 is 0.926 bits per heavy atom. The van der Waals surface area contributed by atoms with Crippen molar-refractivity contribution >= 4 is 39.9 Å². The Balaban J connectivity index is 1.59. The average Bonchev–Trinajstić information content (AvgIpc) is 2.68. The van der Waals surface area contributed by atoms with Gasteiger partial charge in [-0.2, -0.15) is 0 Å². The van der Waals surface area contributed by atoms with E-state index in [0.717, 1.165) is 26.9 Å². The van der Waals surface area contributed by atoms with Crippen molar-refractivity contribution in [3.05, 3.63) is 100 Å². The van der Waals surface area contributed by atoms with Crippen LogP contribution in [-0.2, 0) is 4.79 Å². The molecular formula is C23H18BrNO2. The van der Waals surface area contributed by atoms with Crippen molar-refractivity contribution in [1.82, 2.24) is 0 Å². The largest absolute Gasteiger partial charge is 0.423 e. The summed E-state index contributed by atoms with van der Waals surface area (Å²) in [6, 6.07) is 22.8. The van der Waals surface area contributed by atoms with Crippen molar-refractivity contribution in [3.8, 4) is 5.75 Å². The van der Waals surface area contributed by atoms with Gasteiger partial charge < -0.3 is 4.74 Å². The predicted octanol–water partition coefficient (Wildman–Crippen LogP) is 6.13. The Morgan fingerprint density at radius 2 is 1.59 bits per heavy atom. The van der Waals surface area contributed by atoms with Gasteiger partial charge in [-0.05, 0) is 72.2 Å². The zero-order valence-corrected chi connectivity index (χ0v) is 16.4. The lowest BCUT2D eigenvalue weighted by Gasteiger charge is -2.02. The Labute approximate surface area is 167 Å². The highest BCUT2D eigenvalue weighted by molar-refractivity contribution is 9.10. The first-order valence-electron chi connectivity index (χ1n) is 8.45. The van der Waals surface area contributed by atoms with Crippen LogP contribution in [0.15, 0.2) is 88.3 Å². The Hall–Kier alpha value is -2.98. The van der Waals surface area contributed by atoms with Crippen LogP contribution in [0.1, 0.15) is 16.7 Å². The lowest BCUT2D eigenvalue weighted by molar-refractivity contribution is -0.128. The maximum atomic E-state index is 11.9. The van der Waals surface area contributed by atoms with Crippen molar-refractivity contribution < 1.29 is 9.53 Å². The minimum atomic E-state index is -0.417. The van der Waals surface area contributed by atoms with Gasteiger partial charge in [0.15, 0.2) is 0 Å². The van der Waals surface area contributed by atoms with Crippen LogP contribution >= 0.6 is 15.9 Å². The number of esters is 1. The molecule has 3 aromatic carbocycles. The van der Waals surface area contributed by atoms with E-state index in [1.54, 1.807) is 24.4 Å². The average molecular weight is 420 g/mol. The fraction of sp³-hybridized carbons (Fsp3) is 0.0435. The van der Waals surface area contributed by atoms with E-state index in [-0.39, 0.29) is 0 Å². The molecule has 0 saturated heterocycles. The molecular weight excluding hydrogens is 402 g/mol. The predicted molar refractivity (Wildman–Crippen MR) is 114 cm³/mol. The van der Waals surface area contributed by atoms with Crippen LogP contribution in [0.5, 0.6) is 5.75 Å². The summed E-state index contributed by atoms with van der Waals surface area (Å²) in [7, 11) is 0. The van der Waals surface area contributed by atoms with Gasteiger partial charge in [-0.1, -0.05) is 46.3 Å². The molecule has 0 atom stereocenters. The third-order valence-electron chi connectivity index (χ3n) is 3.85. The molecule has 4 heteroatoms.